The van der Waals surface area contributed by atoms with Gasteiger partial charge in [0.1, 0.15) is 0 Å². The van der Waals surface area contributed by atoms with Crippen molar-refractivity contribution in [2.45, 2.75) is 38.4 Å². The van der Waals surface area contributed by atoms with E-state index in [1.54, 1.807) is 0 Å². The Hall–Kier alpha value is -1.43. The summed E-state index contributed by atoms with van der Waals surface area (Å²) in [4.78, 5) is 19.7. The first-order valence-corrected chi connectivity index (χ1v) is 9.60. The van der Waals surface area contributed by atoms with Crippen LogP contribution in [0.1, 0.15) is 24.0 Å². The minimum Gasteiger partial charge on any atom is -0.379 e. The molecule has 0 spiro atoms. The molecule has 0 aliphatic carbocycles. The van der Waals surface area contributed by atoms with E-state index in [4.69, 9.17) is 4.74 Å². The van der Waals surface area contributed by atoms with E-state index in [9.17, 15) is 4.79 Å². The summed E-state index contributed by atoms with van der Waals surface area (Å²) in [6.45, 7) is 9.70. The fourth-order valence-corrected chi connectivity index (χ4v) is 4.62. The maximum Gasteiger partial charge on any atom is 0.224 e. The zero-order chi connectivity index (χ0) is 17.2. The van der Waals surface area contributed by atoms with Gasteiger partial charge in [-0.3, -0.25) is 14.6 Å². The highest BCUT2D eigenvalue weighted by Gasteiger charge is 2.46. The fourth-order valence-electron chi connectivity index (χ4n) is 4.62. The Morgan fingerprint density at radius 1 is 1.12 bits per heavy atom. The standard InChI is InChI=1S/C20H29N3O2/c1-16-3-2-4-17(13-16)15-22-6-5-18-19(22)14-20(24)23(18)8-7-21-9-11-25-12-10-21/h2-4,13,18-19H,5-12,14-15H2,1H3. The van der Waals surface area contributed by atoms with Crippen molar-refractivity contribution >= 4 is 5.91 Å². The molecular formula is C20H29N3O2. The summed E-state index contributed by atoms with van der Waals surface area (Å²) in [7, 11) is 0. The number of aryl methyl sites for hydroxylation is 1. The molecule has 2 atom stereocenters. The molecule has 3 saturated heterocycles. The summed E-state index contributed by atoms with van der Waals surface area (Å²) in [6.07, 6.45) is 1.81. The van der Waals surface area contributed by atoms with Gasteiger partial charge in [-0.1, -0.05) is 29.8 Å². The Bertz CT molecular complexity index is 615. The van der Waals surface area contributed by atoms with E-state index in [0.717, 1.165) is 58.9 Å². The lowest BCUT2D eigenvalue weighted by Gasteiger charge is -2.30. The molecule has 3 fully saturated rings. The van der Waals surface area contributed by atoms with Gasteiger partial charge in [0.15, 0.2) is 0 Å². The van der Waals surface area contributed by atoms with E-state index in [1.165, 1.54) is 11.1 Å². The van der Waals surface area contributed by atoms with Gasteiger partial charge in [-0.25, -0.2) is 0 Å². The molecule has 0 bridgehead atoms. The number of hydrogen-bond acceptors (Lipinski definition) is 4. The molecule has 2 unspecified atom stereocenters. The SMILES string of the molecule is Cc1cccc(CN2CCC3C2CC(=O)N3CCN2CCOCC2)c1. The quantitative estimate of drug-likeness (QED) is 0.812. The van der Waals surface area contributed by atoms with Crippen molar-refractivity contribution in [3.05, 3.63) is 35.4 Å². The van der Waals surface area contributed by atoms with Crippen LogP contribution >= 0.6 is 0 Å². The van der Waals surface area contributed by atoms with Crippen LogP contribution in [0.25, 0.3) is 0 Å². The summed E-state index contributed by atoms with van der Waals surface area (Å²) < 4.78 is 5.41. The lowest BCUT2D eigenvalue weighted by molar-refractivity contribution is -0.129. The number of amides is 1. The van der Waals surface area contributed by atoms with Crippen LogP contribution in [0.5, 0.6) is 0 Å². The van der Waals surface area contributed by atoms with Gasteiger partial charge in [0.2, 0.25) is 5.91 Å². The number of carbonyl (C=O) groups excluding carboxylic acids is 1. The molecule has 0 N–H and O–H groups in total. The molecule has 0 aromatic heterocycles. The lowest BCUT2D eigenvalue weighted by Crippen LogP contribution is -2.44. The predicted molar refractivity (Wildman–Crippen MR) is 97.4 cm³/mol. The Morgan fingerprint density at radius 3 is 2.76 bits per heavy atom. The fraction of sp³-hybridized carbons (Fsp3) is 0.650. The smallest absolute Gasteiger partial charge is 0.224 e. The Balaban J connectivity index is 1.35. The minimum absolute atomic E-state index is 0.345. The second-order valence-electron chi connectivity index (χ2n) is 7.63. The molecule has 4 rings (SSSR count). The van der Waals surface area contributed by atoms with Gasteiger partial charge in [-0.15, -0.1) is 0 Å². The Labute approximate surface area is 150 Å². The zero-order valence-corrected chi connectivity index (χ0v) is 15.2. The molecule has 3 aliphatic heterocycles. The van der Waals surface area contributed by atoms with E-state index < -0.39 is 0 Å². The average molecular weight is 343 g/mol. The van der Waals surface area contributed by atoms with Crippen LogP contribution in [0.3, 0.4) is 0 Å². The topological polar surface area (TPSA) is 36.0 Å². The van der Waals surface area contributed by atoms with Gasteiger partial charge in [0, 0.05) is 57.8 Å². The second kappa shape index (κ2) is 7.44. The number of benzene rings is 1. The van der Waals surface area contributed by atoms with Gasteiger partial charge >= 0.3 is 0 Å². The summed E-state index contributed by atoms with van der Waals surface area (Å²) in [5.41, 5.74) is 2.67. The number of morpholine rings is 1. The minimum atomic E-state index is 0.345. The normalized spacial score (nSPS) is 27.9. The van der Waals surface area contributed by atoms with Crippen LogP contribution in [-0.2, 0) is 16.1 Å². The molecular weight excluding hydrogens is 314 g/mol. The third-order valence-corrected chi connectivity index (χ3v) is 5.96. The number of carbonyl (C=O) groups is 1. The molecule has 5 heteroatoms. The molecule has 0 radical (unpaired) electrons. The molecule has 25 heavy (non-hydrogen) atoms. The van der Waals surface area contributed by atoms with Crippen LogP contribution in [0, 0.1) is 6.92 Å². The number of rotatable bonds is 5. The van der Waals surface area contributed by atoms with Crippen molar-refractivity contribution in [1.82, 2.24) is 14.7 Å². The maximum atomic E-state index is 12.6. The third kappa shape index (κ3) is 3.73. The summed E-state index contributed by atoms with van der Waals surface area (Å²) in [6, 6.07) is 9.55. The predicted octanol–water partition coefficient (Wildman–Crippen LogP) is 1.50. The lowest BCUT2D eigenvalue weighted by atomic mass is 10.1. The van der Waals surface area contributed by atoms with E-state index in [0.29, 0.717) is 24.4 Å². The van der Waals surface area contributed by atoms with Crippen molar-refractivity contribution in [3.63, 3.8) is 0 Å². The van der Waals surface area contributed by atoms with Gasteiger partial charge in [-0.05, 0) is 18.9 Å². The van der Waals surface area contributed by atoms with Gasteiger partial charge in [-0.2, -0.15) is 0 Å². The monoisotopic (exact) mass is 343 g/mol. The molecule has 3 heterocycles. The number of ether oxygens (including phenoxy) is 1. The van der Waals surface area contributed by atoms with Gasteiger partial charge < -0.3 is 9.64 Å². The molecule has 1 amide bonds. The van der Waals surface area contributed by atoms with Crippen LogP contribution in [0.2, 0.25) is 0 Å². The van der Waals surface area contributed by atoms with Crippen LogP contribution in [-0.4, -0.2) is 78.6 Å². The van der Waals surface area contributed by atoms with Crippen molar-refractivity contribution in [2.24, 2.45) is 0 Å². The van der Waals surface area contributed by atoms with Gasteiger partial charge in [0.25, 0.3) is 0 Å². The first-order valence-electron chi connectivity index (χ1n) is 9.60. The Kier molecular flexibility index (Phi) is 5.06. The average Bonchev–Trinajstić information content (AvgIpc) is 3.13. The molecule has 5 nitrogen and oxygen atoms in total. The van der Waals surface area contributed by atoms with E-state index in [2.05, 4.69) is 45.9 Å². The highest BCUT2D eigenvalue weighted by Crippen LogP contribution is 2.33. The van der Waals surface area contributed by atoms with Crippen LogP contribution < -0.4 is 0 Å². The molecule has 3 aliphatic rings. The summed E-state index contributed by atoms with van der Waals surface area (Å²) >= 11 is 0. The van der Waals surface area contributed by atoms with Crippen molar-refractivity contribution in [1.29, 1.82) is 0 Å². The molecule has 136 valence electrons. The summed E-state index contributed by atoms with van der Waals surface area (Å²) in [5.74, 6) is 0.345. The second-order valence-corrected chi connectivity index (χ2v) is 7.63. The third-order valence-electron chi connectivity index (χ3n) is 5.96. The number of fused-ring (bicyclic) bond motifs is 1. The van der Waals surface area contributed by atoms with E-state index in [-0.39, 0.29) is 0 Å². The highest BCUT2D eigenvalue weighted by molar-refractivity contribution is 5.80. The van der Waals surface area contributed by atoms with Crippen LogP contribution in [0.15, 0.2) is 24.3 Å². The van der Waals surface area contributed by atoms with Crippen LogP contribution in [0.4, 0.5) is 0 Å². The van der Waals surface area contributed by atoms with Crippen molar-refractivity contribution in [2.75, 3.05) is 45.9 Å². The highest BCUT2D eigenvalue weighted by atomic mass is 16.5. The number of nitrogens with zero attached hydrogens (tertiary/aromatic N) is 3. The maximum absolute atomic E-state index is 12.6. The Morgan fingerprint density at radius 2 is 1.96 bits per heavy atom. The van der Waals surface area contributed by atoms with Crippen molar-refractivity contribution in [3.8, 4) is 0 Å². The number of likely N-dealkylation sites (tertiary alicyclic amines) is 2. The first kappa shape index (κ1) is 17.0. The summed E-state index contributed by atoms with van der Waals surface area (Å²) in [5, 5.41) is 0. The largest absolute Gasteiger partial charge is 0.379 e. The van der Waals surface area contributed by atoms with Gasteiger partial charge in [0.05, 0.1) is 13.2 Å². The number of hydrogen-bond donors (Lipinski definition) is 0. The van der Waals surface area contributed by atoms with Crippen molar-refractivity contribution < 1.29 is 9.53 Å². The van der Waals surface area contributed by atoms with E-state index in [1.807, 2.05) is 0 Å². The zero-order valence-electron chi connectivity index (χ0n) is 15.2. The van der Waals surface area contributed by atoms with E-state index >= 15 is 0 Å². The molecule has 1 aromatic rings. The molecule has 1 aromatic carbocycles. The molecule has 0 saturated carbocycles. The first-order chi connectivity index (χ1) is 12.2.